The fourth-order valence-corrected chi connectivity index (χ4v) is 3.20. The molecule has 5 rings (SSSR count). The van der Waals surface area contributed by atoms with Crippen LogP contribution in [0, 0.1) is 0 Å². The highest BCUT2D eigenvalue weighted by molar-refractivity contribution is 6.00. The van der Waals surface area contributed by atoms with Gasteiger partial charge in [0.05, 0.1) is 17.1 Å². The molecular weight excluding hydrogens is 368 g/mol. The first kappa shape index (κ1) is 16.8. The molecule has 4 aromatic heterocycles. The Labute approximate surface area is 164 Å². The van der Waals surface area contributed by atoms with Crippen LogP contribution in [0.25, 0.3) is 27.7 Å². The highest BCUT2D eigenvalue weighted by atomic mass is 16.2. The Kier molecular flexibility index (Phi) is 3.87. The Hall–Kier alpha value is -4.33. The Morgan fingerprint density at radius 2 is 1.76 bits per heavy atom. The Morgan fingerprint density at radius 1 is 0.966 bits per heavy atom. The smallest absolute Gasteiger partial charge is 0.267 e. The number of nitrogens with one attached hydrogen (secondary N) is 1. The molecule has 5 aromatic rings. The molecule has 0 aliphatic heterocycles. The van der Waals surface area contributed by atoms with E-state index < -0.39 is 11.5 Å². The summed E-state index contributed by atoms with van der Waals surface area (Å²) in [6.45, 7) is 0. The van der Waals surface area contributed by atoms with Crippen LogP contribution in [0.2, 0.25) is 0 Å². The van der Waals surface area contributed by atoms with E-state index in [1.165, 1.54) is 24.8 Å². The van der Waals surface area contributed by atoms with Crippen LogP contribution in [-0.4, -0.2) is 30.2 Å². The fourth-order valence-electron chi connectivity index (χ4n) is 3.20. The predicted molar refractivity (Wildman–Crippen MR) is 108 cm³/mol. The zero-order valence-corrected chi connectivity index (χ0v) is 15.1. The van der Waals surface area contributed by atoms with Gasteiger partial charge in [0.2, 0.25) is 0 Å². The molecule has 0 saturated carbocycles. The van der Waals surface area contributed by atoms with Crippen molar-refractivity contribution in [1.82, 2.24) is 24.3 Å². The van der Waals surface area contributed by atoms with E-state index in [4.69, 9.17) is 0 Å². The van der Waals surface area contributed by atoms with Gasteiger partial charge >= 0.3 is 0 Å². The summed E-state index contributed by atoms with van der Waals surface area (Å²) in [7, 11) is 0. The van der Waals surface area contributed by atoms with Crippen LogP contribution in [0.5, 0.6) is 0 Å². The first-order chi connectivity index (χ1) is 14.2. The number of amides is 1. The van der Waals surface area contributed by atoms with Gasteiger partial charge in [0.15, 0.2) is 5.65 Å². The average molecular weight is 382 g/mol. The lowest BCUT2D eigenvalue weighted by Crippen LogP contribution is -2.33. The third-order valence-corrected chi connectivity index (χ3v) is 4.64. The molecule has 8 nitrogen and oxygen atoms in total. The lowest BCUT2D eigenvalue weighted by Gasteiger charge is -2.09. The van der Waals surface area contributed by atoms with Crippen molar-refractivity contribution in [2.24, 2.45) is 0 Å². The van der Waals surface area contributed by atoms with Gasteiger partial charge in [0.1, 0.15) is 0 Å². The minimum Gasteiger partial charge on any atom is -0.267 e. The summed E-state index contributed by atoms with van der Waals surface area (Å²) in [5, 5.41) is 4.76. The van der Waals surface area contributed by atoms with Crippen LogP contribution in [0.4, 0.5) is 0 Å². The van der Waals surface area contributed by atoms with Gasteiger partial charge in [-0.15, -0.1) is 0 Å². The maximum absolute atomic E-state index is 12.9. The van der Waals surface area contributed by atoms with Crippen molar-refractivity contribution in [3.63, 3.8) is 0 Å². The predicted octanol–water partition coefficient (Wildman–Crippen LogP) is 2.49. The van der Waals surface area contributed by atoms with E-state index in [9.17, 15) is 9.59 Å². The van der Waals surface area contributed by atoms with Gasteiger partial charge < -0.3 is 0 Å². The maximum Gasteiger partial charge on any atom is 0.280 e. The molecule has 1 aromatic carbocycles. The molecule has 140 valence electrons. The number of carbonyl (C=O) groups excluding carboxylic acids is 1. The highest BCUT2D eigenvalue weighted by Gasteiger charge is 2.14. The number of nitrogens with zero attached hydrogens (tertiary/aromatic N) is 5. The van der Waals surface area contributed by atoms with Gasteiger partial charge in [-0.2, -0.15) is 5.10 Å². The monoisotopic (exact) mass is 382 g/mol. The first-order valence-corrected chi connectivity index (χ1v) is 8.87. The van der Waals surface area contributed by atoms with Gasteiger partial charge in [0, 0.05) is 35.9 Å². The Bertz CT molecular complexity index is 1410. The molecule has 0 bridgehead atoms. The molecule has 0 aliphatic rings. The number of carbonyl (C=O) groups is 1. The largest absolute Gasteiger partial charge is 0.280 e. The summed E-state index contributed by atoms with van der Waals surface area (Å²) in [5.74, 6) is -0.409. The van der Waals surface area contributed by atoms with E-state index in [-0.39, 0.29) is 0 Å². The van der Waals surface area contributed by atoms with Crippen molar-refractivity contribution in [1.29, 1.82) is 0 Å². The van der Waals surface area contributed by atoms with Crippen molar-refractivity contribution in [2.45, 2.75) is 0 Å². The van der Waals surface area contributed by atoms with Gasteiger partial charge in [0.25, 0.3) is 11.5 Å². The van der Waals surface area contributed by atoms with Crippen LogP contribution in [0.15, 0.2) is 84.3 Å². The summed E-state index contributed by atoms with van der Waals surface area (Å²) in [5.41, 5.74) is 5.72. The average Bonchev–Trinajstić information content (AvgIpc) is 3.21. The highest BCUT2D eigenvalue weighted by Crippen LogP contribution is 2.24. The Morgan fingerprint density at radius 3 is 2.55 bits per heavy atom. The zero-order chi connectivity index (χ0) is 19.8. The number of benzene rings is 1. The molecule has 0 saturated heterocycles. The van der Waals surface area contributed by atoms with Crippen LogP contribution >= 0.6 is 0 Å². The minimum absolute atomic E-state index is 0.345. The van der Waals surface area contributed by atoms with Crippen molar-refractivity contribution in [3.05, 3.63) is 95.4 Å². The maximum atomic E-state index is 12.9. The van der Waals surface area contributed by atoms with Gasteiger partial charge in [-0.3, -0.25) is 20.0 Å². The van der Waals surface area contributed by atoms with E-state index in [1.807, 2.05) is 30.3 Å². The summed E-state index contributed by atoms with van der Waals surface area (Å²) < 4.78 is 2.77. The number of pyridine rings is 2. The molecule has 1 N–H and O–H groups in total. The van der Waals surface area contributed by atoms with Crippen molar-refractivity contribution in [3.8, 4) is 11.1 Å². The van der Waals surface area contributed by atoms with Crippen LogP contribution in [-0.2, 0) is 0 Å². The Balaban J connectivity index is 1.59. The van der Waals surface area contributed by atoms with Crippen molar-refractivity contribution >= 4 is 22.5 Å². The normalized spacial score (nSPS) is 11.0. The number of hydrogen-bond donors (Lipinski definition) is 1. The fraction of sp³-hybridized carbons (Fsp3) is 0. The lowest BCUT2D eigenvalue weighted by atomic mass is 10.1. The third kappa shape index (κ3) is 2.83. The molecule has 0 atom stereocenters. The van der Waals surface area contributed by atoms with Crippen LogP contribution in [0.1, 0.15) is 10.4 Å². The zero-order valence-electron chi connectivity index (χ0n) is 15.1. The van der Waals surface area contributed by atoms with Crippen molar-refractivity contribution < 1.29 is 4.79 Å². The standard InChI is InChI=1S/C21H14N6O2/c28-20(15-6-9-22-10-7-15)25-26-11-8-18-17(21(26)29)12-23-19-16(13-24-27(18)19)14-4-2-1-3-5-14/h1-13H,(H,25,28). The van der Waals surface area contributed by atoms with E-state index in [0.29, 0.717) is 22.1 Å². The molecule has 0 spiro atoms. The SMILES string of the molecule is O=C(Nn1ccc2c(cnc3c(-c4ccccc4)cnn32)c1=O)c1ccncc1. The first-order valence-electron chi connectivity index (χ1n) is 8.87. The molecule has 0 fully saturated rings. The molecule has 29 heavy (non-hydrogen) atoms. The molecular formula is C21H14N6O2. The molecule has 0 unspecified atom stereocenters. The lowest BCUT2D eigenvalue weighted by molar-refractivity contribution is 0.101. The van der Waals surface area contributed by atoms with Crippen LogP contribution in [0.3, 0.4) is 0 Å². The van der Waals surface area contributed by atoms with Crippen LogP contribution < -0.4 is 11.0 Å². The summed E-state index contributed by atoms with van der Waals surface area (Å²) >= 11 is 0. The van der Waals surface area contributed by atoms with Crippen molar-refractivity contribution in [2.75, 3.05) is 5.43 Å². The topological polar surface area (TPSA) is 94.2 Å². The summed E-state index contributed by atoms with van der Waals surface area (Å²) in [6, 6.07) is 14.7. The molecule has 8 heteroatoms. The van der Waals surface area contributed by atoms with E-state index in [0.717, 1.165) is 15.8 Å². The second-order valence-corrected chi connectivity index (χ2v) is 6.38. The second-order valence-electron chi connectivity index (χ2n) is 6.38. The molecule has 4 heterocycles. The second kappa shape index (κ2) is 6.68. The molecule has 0 aliphatic carbocycles. The summed E-state index contributed by atoms with van der Waals surface area (Å²) in [6.07, 6.45) is 7.78. The molecule has 1 amide bonds. The number of rotatable bonds is 3. The third-order valence-electron chi connectivity index (χ3n) is 4.64. The van der Waals surface area contributed by atoms with Gasteiger partial charge in [-0.25, -0.2) is 14.2 Å². The quantitative estimate of drug-likeness (QED) is 0.517. The van der Waals surface area contributed by atoms with E-state index in [1.54, 1.807) is 28.9 Å². The number of hydrogen-bond acceptors (Lipinski definition) is 5. The number of aromatic nitrogens is 5. The summed E-state index contributed by atoms with van der Waals surface area (Å²) in [4.78, 5) is 33.5. The number of fused-ring (bicyclic) bond motifs is 3. The van der Waals surface area contributed by atoms with E-state index in [2.05, 4.69) is 20.5 Å². The minimum atomic E-state index is -0.409. The van der Waals surface area contributed by atoms with E-state index >= 15 is 0 Å². The van der Waals surface area contributed by atoms with Gasteiger partial charge in [-0.05, 0) is 23.8 Å². The van der Waals surface area contributed by atoms with Gasteiger partial charge in [-0.1, -0.05) is 30.3 Å². The molecule has 0 radical (unpaired) electrons.